The number of amides is 1. The van der Waals surface area contributed by atoms with Crippen molar-refractivity contribution in [3.8, 4) is 11.5 Å². The minimum absolute atomic E-state index is 0.111. The second kappa shape index (κ2) is 10.4. The molecule has 0 aliphatic carbocycles. The van der Waals surface area contributed by atoms with Gasteiger partial charge in [-0.2, -0.15) is 0 Å². The van der Waals surface area contributed by atoms with Gasteiger partial charge in [0.15, 0.2) is 16.7 Å². The lowest BCUT2D eigenvalue weighted by atomic mass is 10.1. The van der Waals surface area contributed by atoms with Gasteiger partial charge in [0, 0.05) is 0 Å². The summed E-state index contributed by atoms with van der Waals surface area (Å²) < 4.78 is 11.4. The number of nitrogens with zero attached hydrogens (tertiary/aromatic N) is 2. The molecule has 0 N–H and O–H groups in total. The quantitative estimate of drug-likeness (QED) is 0.377. The third-order valence-electron chi connectivity index (χ3n) is 4.86. The first-order valence-corrected chi connectivity index (χ1v) is 11.6. The number of rotatable bonds is 7. The standard InChI is InChI=1S/C27H26N2O3S/c1-19(2)18-32-23-15-14-20(16-24(23)31-3)17-25-26(30)29(22-12-8-5-9-13-22)27(33-25)28-21-10-6-4-7-11-21/h4-17,19H,18H2,1-3H3/b25-17+,28-27?. The largest absolute Gasteiger partial charge is 0.493 e. The highest BCUT2D eigenvalue weighted by atomic mass is 32.2. The van der Waals surface area contributed by atoms with Gasteiger partial charge in [0.2, 0.25) is 0 Å². The van der Waals surface area contributed by atoms with E-state index in [-0.39, 0.29) is 5.91 Å². The van der Waals surface area contributed by atoms with Crippen molar-refractivity contribution in [3.05, 3.63) is 89.3 Å². The molecule has 0 unspecified atom stereocenters. The number of aliphatic imine (C=N–C) groups is 1. The topological polar surface area (TPSA) is 51.1 Å². The van der Waals surface area contributed by atoms with E-state index < -0.39 is 0 Å². The molecule has 1 aliphatic heterocycles. The lowest BCUT2D eigenvalue weighted by molar-refractivity contribution is -0.113. The Balaban J connectivity index is 1.68. The highest BCUT2D eigenvalue weighted by molar-refractivity contribution is 8.19. The number of carbonyl (C=O) groups is 1. The van der Waals surface area contributed by atoms with Crippen LogP contribution in [0.5, 0.6) is 11.5 Å². The number of methoxy groups -OCH3 is 1. The lowest BCUT2D eigenvalue weighted by Crippen LogP contribution is -2.28. The summed E-state index contributed by atoms with van der Waals surface area (Å²) in [7, 11) is 1.62. The average molecular weight is 459 g/mol. The van der Waals surface area contributed by atoms with Gasteiger partial charge in [0.05, 0.1) is 30.0 Å². The van der Waals surface area contributed by atoms with Gasteiger partial charge < -0.3 is 9.47 Å². The number of ether oxygens (including phenoxy) is 2. The van der Waals surface area contributed by atoms with Gasteiger partial charge in [-0.15, -0.1) is 0 Å². The number of hydrogen-bond acceptors (Lipinski definition) is 5. The van der Waals surface area contributed by atoms with Crippen LogP contribution in [0, 0.1) is 5.92 Å². The van der Waals surface area contributed by atoms with E-state index in [1.165, 1.54) is 11.8 Å². The number of anilines is 1. The number of amidine groups is 1. The second-order valence-corrected chi connectivity index (χ2v) is 8.94. The number of carbonyl (C=O) groups excluding carboxylic acids is 1. The molecule has 1 aliphatic rings. The van der Waals surface area contributed by atoms with Crippen molar-refractivity contribution < 1.29 is 14.3 Å². The third kappa shape index (κ3) is 5.46. The van der Waals surface area contributed by atoms with Crippen LogP contribution in [0.4, 0.5) is 11.4 Å². The molecule has 3 aromatic rings. The first-order valence-electron chi connectivity index (χ1n) is 10.8. The predicted molar refractivity (Wildman–Crippen MR) is 136 cm³/mol. The molecular weight excluding hydrogens is 432 g/mol. The maximum absolute atomic E-state index is 13.4. The minimum atomic E-state index is -0.111. The summed E-state index contributed by atoms with van der Waals surface area (Å²) in [6.07, 6.45) is 1.87. The molecule has 0 radical (unpaired) electrons. The first-order chi connectivity index (χ1) is 16.0. The molecule has 3 aromatic carbocycles. The van der Waals surface area contributed by atoms with Gasteiger partial charge in [-0.05, 0) is 65.7 Å². The van der Waals surface area contributed by atoms with Crippen molar-refractivity contribution in [2.24, 2.45) is 10.9 Å². The number of para-hydroxylation sites is 2. The Labute approximate surface area is 198 Å². The minimum Gasteiger partial charge on any atom is -0.493 e. The normalized spacial score (nSPS) is 16.1. The van der Waals surface area contributed by atoms with Crippen LogP contribution in [-0.2, 0) is 4.79 Å². The zero-order chi connectivity index (χ0) is 23.2. The summed E-state index contributed by atoms with van der Waals surface area (Å²) >= 11 is 1.36. The Bertz CT molecular complexity index is 1170. The number of benzene rings is 3. The Morgan fingerprint density at radius 3 is 2.33 bits per heavy atom. The van der Waals surface area contributed by atoms with Crippen molar-refractivity contribution in [3.63, 3.8) is 0 Å². The van der Waals surface area contributed by atoms with E-state index in [4.69, 9.17) is 14.5 Å². The van der Waals surface area contributed by atoms with Gasteiger partial charge in [-0.1, -0.05) is 56.3 Å². The van der Waals surface area contributed by atoms with Gasteiger partial charge in [0.25, 0.3) is 5.91 Å². The van der Waals surface area contributed by atoms with Crippen molar-refractivity contribution in [1.82, 2.24) is 0 Å². The van der Waals surface area contributed by atoms with Crippen molar-refractivity contribution in [2.45, 2.75) is 13.8 Å². The van der Waals surface area contributed by atoms with Gasteiger partial charge in [0.1, 0.15) is 0 Å². The van der Waals surface area contributed by atoms with Crippen LogP contribution in [0.2, 0.25) is 0 Å². The summed E-state index contributed by atoms with van der Waals surface area (Å²) in [6, 6.07) is 24.9. The zero-order valence-electron chi connectivity index (χ0n) is 18.9. The molecule has 0 aromatic heterocycles. The summed E-state index contributed by atoms with van der Waals surface area (Å²) in [4.78, 5) is 20.4. The van der Waals surface area contributed by atoms with Crippen LogP contribution in [0.25, 0.3) is 6.08 Å². The van der Waals surface area contributed by atoms with E-state index >= 15 is 0 Å². The van der Waals surface area contributed by atoms with Crippen LogP contribution in [0.1, 0.15) is 19.4 Å². The molecule has 0 bridgehead atoms. The maximum Gasteiger partial charge on any atom is 0.271 e. The molecule has 1 saturated heterocycles. The van der Waals surface area contributed by atoms with Crippen LogP contribution in [0.3, 0.4) is 0 Å². The Hall–Kier alpha value is -3.51. The van der Waals surface area contributed by atoms with E-state index in [9.17, 15) is 4.79 Å². The second-order valence-electron chi connectivity index (χ2n) is 7.93. The van der Waals surface area contributed by atoms with Crippen molar-refractivity contribution >= 4 is 40.3 Å². The van der Waals surface area contributed by atoms with Crippen molar-refractivity contribution in [1.29, 1.82) is 0 Å². The van der Waals surface area contributed by atoms with Crippen molar-refractivity contribution in [2.75, 3.05) is 18.6 Å². The van der Waals surface area contributed by atoms with Gasteiger partial charge in [-0.25, -0.2) is 4.99 Å². The molecule has 0 spiro atoms. The molecule has 5 nitrogen and oxygen atoms in total. The first kappa shape index (κ1) is 22.7. The average Bonchev–Trinajstić information content (AvgIpc) is 3.13. The van der Waals surface area contributed by atoms with E-state index in [1.807, 2.05) is 84.9 Å². The van der Waals surface area contributed by atoms with Crippen LogP contribution < -0.4 is 14.4 Å². The molecule has 1 heterocycles. The van der Waals surface area contributed by atoms with Crippen LogP contribution >= 0.6 is 11.8 Å². The molecule has 6 heteroatoms. The Morgan fingerprint density at radius 2 is 1.67 bits per heavy atom. The highest BCUT2D eigenvalue weighted by Gasteiger charge is 2.34. The molecule has 0 atom stereocenters. The SMILES string of the molecule is COc1cc(/C=C2/SC(=Nc3ccccc3)N(c3ccccc3)C2=O)ccc1OCC(C)C. The Kier molecular flexibility index (Phi) is 7.15. The molecule has 168 valence electrons. The third-order valence-corrected chi connectivity index (χ3v) is 5.83. The molecule has 1 amide bonds. The fraction of sp³-hybridized carbons (Fsp3) is 0.185. The van der Waals surface area contributed by atoms with E-state index in [1.54, 1.807) is 12.0 Å². The summed E-state index contributed by atoms with van der Waals surface area (Å²) in [5.74, 6) is 1.63. The fourth-order valence-corrected chi connectivity index (χ4v) is 4.27. The van der Waals surface area contributed by atoms with Crippen LogP contribution in [-0.4, -0.2) is 24.8 Å². The summed E-state index contributed by atoms with van der Waals surface area (Å²) in [5.41, 5.74) is 2.43. The molecule has 1 fully saturated rings. The summed E-state index contributed by atoms with van der Waals surface area (Å²) in [5, 5.41) is 0.618. The van der Waals surface area contributed by atoms with Gasteiger partial charge in [-0.3, -0.25) is 9.69 Å². The molecule has 33 heavy (non-hydrogen) atoms. The molecular formula is C27H26N2O3S. The fourth-order valence-electron chi connectivity index (χ4n) is 3.27. The molecule has 0 saturated carbocycles. The summed E-state index contributed by atoms with van der Waals surface area (Å²) in [6.45, 7) is 4.80. The predicted octanol–water partition coefficient (Wildman–Crippen LogP) is 6.54. The van der Waals surface area contributed by atoms with Gasteiger partial charge >= 0.3 is 0 Å². The maximum atomic E-state index is 13.4. The highest BCUT2D eigenvalue weighted by Crippen LogP contribution is 2.38. The van der Waals surface area contributed by atoms with E-state index in [2.05, 4.69) is 13.8 Å². The smallest absolute Gasteiger partial charge is 0.271 e. The molecule has 4 rings (SSSR count). The number of thioether (sulfide) groups is 1. The Morgan fingerprint density at radius 1 is 0.970 bits per heavy atom. The zero-order valence-corrected chi connectivity index (χ0v) is 19.7. The van der Waals surface area contributed by atoms with E-state index in [0.717, 1.165) is 16.9 Å². The lowest BCUT2D eigenvalue weighted by Gasteiger charge is -2.15. The van der Waals surface area contributed by atoms with E-state index in [0.29, 0.717) is 34.1 Å². The number of hydrogen-bond donors (Lipinski definition) is 0. The monoisotopic (exact) mass is 458 g/mol. The van der Waals surface area contributed by atoms with Crippen LogP contribution in [0.15, 0.2) is 88.8 Å².